The summed E-state index contributed by atoms with van der Waals surface area (Å²) in [4.78, 5) is 13.1. The Morgan fingerprint density at radius 1 is 1.29 bits per heavy atom. The van der Waals surface area contributed by atoms with Crippen LogP contribution in [0.5, 0.6) is 0 Å². The molecular weight excluding hydrogens is 331 g/mol. The predicted octanol–water partition coefficient (Wildman–Crippen LogP) is 2.41. The van der Waals surface area contributed by atoms with Gasteiger partial charge in [0, 0.05) is 25.8 Å². The molecule has 2 saturated heterocycles. The normalized spacial score (nSPS) is 26.2. The molecule has 0 spiro atoms. The maximum Gasteiger partial charge on any atom is 0.231 e. The molecule has 1 amide bonds. The Bertz CT molecular complexity index is 546. The molecule has 0 saturated carbocycles. The molecule has 2 aliphatic rings. The van der Waals surface area contributed by atoms with Gasteiger partial charge in [0.05, 0.1) is 5.41 Å². The molecular formula is C18H26ClFN2O2. The smallest absolute Gasteiger partial charge is 0.231 e. The van der Waals surface area contributed by atoms with E-state index in [4.69, 9.17) is 4.74 Å². The molecule has 0 radical (unpaired) electrons. The number of nitrogens with one attached hydrogen (secondary N) is 2. The third-order valence-corrected chi connectivity index (χ3v) is 5.32. The molecule has 134 valence electrons. The molecule has 6 heteroatoms. The van der Waals surface area contributed by atoms with Crippen molar-refractivity contribution in [1.82, 2.24) is 10.6 Å². The van der Waals surface area contributed by atoms with Gasteiger partial charge in [-0.05, 0) is 49.4 Å². The Labute approximate surface area is 148 Å². The van der Waals surface area contributed by atoms with E-state index >= 15 is 0 Å². The largest absolute Gasteiger partial charge is 0.381 e. The summed E-state index contributed by atoms with van der Waals surface area (Å²) >= 11 is 0. The zero-order valence-electron chi connectivity index (χ0n) is 14.0. The van der Waals surface area contributed by atoms with Crippen LogP contribution in [0.25, 0.3) is 0 Å². The summed E-state index contributed by atoms with van der Waals surface area (Å²) in [6, 6.07) is 6.50. The van der Waals surface area contributed by atoms with Crippen LogP contribution in [-0.2, 0) is 14.9 Å². The minimum atomic E-state index is -0.608. The second-order valence-electron chi connectivity index (χ2n) is 6.75. The summed E-state index contributed by atoms with van der Waals surface area (Å²) in [6.45, 7) is 5.11. The molecule has 2 aliphatic heterocycles. The minimum absolute atomic E-state index is 0. The first kappa shape index (κ1) is 19.2. The van der Waals surface area contributed by atoms with E-state index < -0.39 is 5.41 Å². The van der Waals surface area contributed by atoms with Gasteiger partial charge in [-0.15, -0.1) is 12.4 Å². The molecule has 2 fully saturated rings. The van der Waals surface area contributed by atoms with Gasteiger partial charge in [0.1, 0.15) is 5.82 Å². The van der Waals surface area contributed by atoms with Crippen molar-refractivity contribution in [2.75, 3.05) is 26.3 Å². The number of hydrogen-bond donors (Lipinski definition) is 2. The zero-order chi connectivity index (χ0) is 16.3. The van der Waals surface area contributed by atoms with Crippen molar-refractivity contribution in [1.29, 1.82) is 0 Å². The van der Waals surface area contributed by atoms with E-state index in [1.807, 2.05) is 0 Å². The summed E-state index contributed by atoms with van der Waals surface area (Å²) in [5.41, 5.74) is 0.277. The van der Waals surface area contributed by atoms with Crippen LogP contribution in [0.1, 0.15) is 31.7 Å². The molecule has 2 atom stereocenters. The van der Waals surface area contributed by atoms with E-state index in [-0.39, 0.29) is 30.2 Å². The van der Waals surface area contributed by atoms with Gasteiger partial charge < -0.3 is 15.4 Å². The maximum atomic E-state index is 13.3. The number of benzene rings is 1. The molecule has 1 aromatic rings. The number of piperidine rings is 1. The van der Waals surface area contributed by atoms with Gasteiger partial charge in [0.15, 0.2) is 0 Å². The Kier molecular flexibility index (Phi) is 6.61. The number of ether oxygens (including phenoxy) is 1. The molecule has 0 aromatic heterocycles. The van der Waals surface area contributed by atoms with E-state index in [9.17, 15) is 9.18 Å². The Morgan fingerprint density at radius 3 is 2.58 bits per heavy atom. The highest BCUT2D eigenvalue weighted by Gasteiger charge is 2.42. The van der Waals surface area contributed by atoms with Gasteiger partial charge in [0.25, 0.3) is 0 Å². The lowest BCUT2D eigenvalue weighted by Crippen LogP contribution is -2.56. The van der Waals surface area contributed by atoms with Crippen LogP contribution >= 0.6 is 12.4 Å². The van der Waals surface area contributed by atoms with Gasteiger partial charge in [0.2, 0.25) is 5.91 Å². The quantitative estimate of drug-likeness (QED) is 0.874. The topological polar surface area (TPSA) is 50.4 Å². The molecule has 2 heterocycles. The van der Waals surface area contributed by atoms with Gasteiger partial charge in [-0.25, -0.2) is 4.39 Å². The van der Waals surface area contributed by atoms with Gasteiger partial charge >= 0.3 is 0 Å². The Hall–Kier alpha value is -1.17. The summed E-state index contributed by atoms with van der Waals surface area (Å²) in [5, 5.41) is 6.59. The van der Waals surface area contributed by atoms with Crippen LogP contribution in [0.2, 0.25) is 0 Å². The molecule has 0 aliphatic carbocycles. The first-order valence-electron chi connectivity index (χ1n) is 8.47. The van der Waals surface area contributed by atoms with Crippen LogP contribution < -0.4 is 10.6 Å². The van der Waals surface area contributed by atoms with Gasteiger partial charge in [-0.2, -0.15) is 0 Å². The lowest BCUT2D eigenvalue weighted by Gasteiger charge is -2.39. The third-order valence-electron chi connectivity index (χ3n) is 5.32. The fraction of sp³-hybridized carbons (Fsp3) is 0.611. The van der Waals surface area contributed by atoms with E-state index in [0.717, 1.165) is 25.1 Å². The molecule has 0 bridgehead atoms. The summed E-state index contributed by atoms with van der Waals surface area (Å²) < 4.78 is 18.7. The van der Waals surface area contributed by atoms with Crippen LogP contribution in [0.3, 0.4) is 0 Å². The highest BCUT2D eigenvalue weighted by molar-refractivity contribution is 5.88. The molecule has 2 N–H and O–H groups in total. The van der Waals surface area contributed by atoms with Crippen molar-refractivity contribution >= 4 is 18.3 Å². The average molecular weight is 357 g/mol. The lowest BCUT2D eigenvalue weighted by molar-refractivity contribution is -0.131. The first-order valence-corrected chi connectivity index (χ1v) is 8.47. The molecule has 24 heavy (non-hydrogen) atoms. The van der Waals surface area contributed by atoms with Crippen LogP contribution in [-0.4, -0.2) is 38.3 Å². The molecule has 3 rings (SSSR count). The van der Waals surface area contributed by atoms with Crippen molar-refractivity contribution in [2.45, 2.75) is 37.6 Å². The SMILES string of the molecule is CC1CCNCC1NC(=O)C1(c2ccc(F)cc2)CCOCC1.Cl. The number of rotatable bonds is 3. The maximum absolute atomic E-state index is 13.3. The van der Waals surface area contributed by atoms with E-state index in [1.54, 1.807) is 12.1 Å². The van der Waals surface area contributed by atoms with Crippen molar-refractivity contribution in [3.63, 3.8) is 0 Å². The molecule has 2 unspecified atom stereocenters. The number of halogens is 2. The molecule has 4 nitrogen and oxygen atoms in total. The highest BCUT2D eigenvalue weighted by Crippen LogP contribution is 2.35. The van der Waals surface area contributed by atoms with E-state index in [0.29, 0.717) is 32.0 Å². The van der Waals surface area contributed by atoms with E-state index in [2.05, 4.69) is 17.6 Å². The monoisotopic (exact) mass is 356 g/mol. The average Bonchev–Trinajstić information content (AvgIpc) is 2.58. The Balaban J connectivity index is 0.00000208. The van der Waals surface area contributed by atoms with Crippen molar-refractivity contribution in [3.8, 4) is 0 Å². The van der Waals surface area contributed by atoms with Gasteiger partial charge in [-0.1, -0.05) is 19.1 Å². The number of carbonyl (C=O) groups is 1. The summed E-state index contributed by atoms with van der Waals surface area (Å²) in [7, 11) is 0. The van der Waals surface area contributed by atoms with Crippen LogP contribution in [0.4, 0.5) is 4.39 Å². The fourth-order valence-electron chi connectivity index (χ4n) is 3.63. The van der Waals surface area contributed by atoms with E-state index in [1.165, 1.54) is 12.1 Å². The fourth-order valence-corrected chi connectivity index (χ4v) is 3.63. The third kappa shape index (κ3) is 3.90. The highest BCUT2D eigenvalue weighted by atomic mass is 35.5. The summed E-state index contributed by atoms with van der Waals surface area (Å²) in [6.07, 6.45) is 2.34. The minimum Gasteiger partial charge on any atom is -0.381 e. The first-order chi connectivity index (χ1) is 11.1. The second kappa shape index (κ2) is 8.28. The van der Waals surface area contributed by atoms with Crippen molar-refractivity contribution in [2.24, 2.45) is 5.92 Å². The zero-order valence-corrected chi connectivity index (χ0v) is 14.8. The molecule has 1 aromatic carbocycles. The second-order valence-corrected chi connectivity index (χ2v) is 6.75. The Morgan fingerprint density at radius 2 is 1.96 bits per heavy atom. The van der Waals surface area contributed by atoms with Crippen LogP contribution in [0.15, 0.2) is 24.3 Å². The predicted molar refractivity (Wildman–Crippen MR) is 94.0 cm³/mol. The number of hydrogen-bond acceptors (Lipinski definition) is 3. The lowest BCUT2D eigenvalue weighted by atomic mass is 9.73. The summed E-state index contributed by atoms with van der Waals surface area (Å²) in [5.74, 6) is 0.236. The van der Waals surface area contributed by atoms with Crippen molar-refractivity contribution in [3.05, 3.63) is 35.6 Å². The van der Waals surface area contributed by atoms with Gasteiger partial charge in [-0.3, -0.25) is 4.79 Å². The number of amides is 1. The standard InChI is InChI=1S/C18H25FN2O2.ClH/c1-13-6-9-20-12-16(13)21-17(22)18(7-10-23-11-8-18)14-2-4-15(19)5-3-14;/h2-5,13,16,20H,6-12H2,1H3,(H,21,22);1H. The van der Waals surface area contributed by atoms with Crippen molar-refractivity contribution < 1.29 is 13.9 Å². The van der Waals surface area contributed by atoms with Crippen LogP contribution in [0, 0.1) is 11.7 Å². The number of carbonyl (C=O) groups excluding carboxylic acids is 1.